The second-order valence-corrected chi connectivity index (χ2v) is 4.37. The lowest BCUT2D eigenvalue weighted by Crippen LogP contribution is -2.50. The van der Waals surface area contributed by atoms with Crippen LogP contribution in [0, 0.1) is 5.92 Å². The topological polar surface area (TPSA) is 46.3 Å². The van der Waals surface area contributed by atoms with Crippen LogP contribution in [0.2, 0.25) is 0 Å². The number of likely N-dealkylation sites (tertiary alicyclic amines) is 1. The van der Waals surface area contributed by atoms with E-state index < -0.39 is 5.54 Å². The molecule has 1 fully saturated rings. The Hall–Kier alpha value is -0.570. The maximum atomic E-state index is 11.6. The molecule has 0 saturated carbocycles. The minimum atomic E-state index is -0.704. The van der Waals surface area contributed by atoms with Gasteiger partial charge in [-0.3, -0.25) is 4.79 Å². The van der Waals surface area contributed by atoms with E-state index in [0.717, 1.165) is 19.5 Å². The Bertz CT molecular complexity index is 183. The molecule has 0 aliphatic carbocycles. The molecule has 0 radical (unpaired) electrons. The van der Waals surface area contributed by atoms with Gasteiger partial charge in [-0.1, -0.05) is 6.92 Å². The Morgan fingerprint density at radius 1 is 1.58 bits per heavy atom. The Balaban J connectivity index is 2.55. The molecule has 0 aromatic heterocycles. The zero-order valence-electron chi connectivity index (χ0n) is 8.13. The van der Waals surface area contributed by atoms with Gasteiger partial charge in [-0.2, -0.15) is 0 Å². The summed E-state index contributed by atoms with van der Waals surface area (Å²) in [5.41, 5.74) is 5.01. The molecule has 2 N–H and O–H groups in total. The standard InChI is InChI=1S/C9H18N2O/c1-7-4-5-11(6-7)8(12)9(2,3)10/h7H,4-6,10H2,1-3H3/t7-/m1/s1. The SMILES string of the molecule is C[C@@H]1CCN(C(=O)C(C)(C)N)C1. The number of carbonyl (C=O) groups is 1. The quantitative estimate of drug-likeness (QED) is 0.626. The summed E-state index contributed by atoms with van der Waals surface area (Å²) in [6.07, 6.45) is 1.11. The van der Waals surface area contributed by atoms with Crippen molar-refractivity contribution in [2.75, 3.05) is 13.1 Å². The van der Waals surface area contributed by atoms with Gasteiger partial charge < -0.3 is 10.6 Å². The summed E-state index contributed by atoms with van der Waals surface area (Å²) < 4.78 is 0. The second kappa shape index (κ2) is 3.05. The van der Waals surface area contributed by atoms with Crippen molar-refractivity contribution in [3.05, 3.63) is 0 Å². The van der Waals surface area contributed by atoms with Gasteiger partial charge in [0.1, 0.15) is 0 Å². The van der Waals surface area contributed by atoms with Crippen LogP contribution in [0.25, 0.3) is 0 Å². The molecule has 1 aliphatic heterocycles. The van der Waals surface area contributed by atoms with Crippen molar-refractivity contribution in [3.63, 3.8) is 0 Å². The molecule has 3 heteroatoms. The first-order chi connectivity index (χ1) is 5.41. The van der Waals surface area contributed by atoms with Crippen LogP contribution in [0.1, 0.15) is 27.2 Å². The highest BCUT2D eigenvalue weighted by Gasteiger charge is 2.31. The third kappa shape index (κ3) is 1.97. The summed E-state index contributed by atoms with van der Waals surface area (Å²) >= 11 is 0. The van der Waals surface area contributed by atoms with Gasteiger partial charge in [0.2, 0.25) is 5.91 Å². The molecule has 0 unspecified atom stereocenters. The number of rotatable bonds is 1. The maximum Gasteiger partial charge on any atom is 0.242 e. The van der Waals surface area contributed by atoms with Crippen LogP contribution in [0.3, 0.4) is 0 Å². The maximum absolute atomic E-state index is 11.6. The molecule has 1 amide bonds. The molecular formula is C9H18N2O. The average Bonchev–Trinajstić information content (AvgIpc) is 2.32. The summed E-state index contributed by atoms with van der Waals surface area (Å²) in [5, 5.41) is 0. The van der Waals surface area contributed by atoms with E-state index in [2.05, 4.69) is 6.92 Å². The zero-order valence-corrected chi connectivity index (χ0v) is 8.13. The number of amides is 1. The van der Waals surface area contributed by atoms with Gasteiger partial charge in [-0.25, -0.2) is 0 Å². The van der Waals surface area contributed by atoms with Crippen molar-refractivity contribution in [2.45, 2.75) is 32.7 Å². The van der Waals surface area contributed by atoms with Crippen molar-refractivity contribution < 1.29 is 4.79 Å². The Kier molecular flexibility index (Phi) is 2.42. The van der Waals surface area contributed by atoms with E-state index in [4.69, 9.17) is 5.73 Å². The van der Waals surface area contributed by atoms with E-state index in [1.165, 1.54) is 0 Å². The molecule has 1 heterocycles. The summed E-state index contributed by atoms with van der Waals surface area (Å²) in [4.78, 5) is 13.5. The van der Waals surface area contributed by atoms with Gasteiger partial charge in [0.15, 0.2) is 0 Å². The largest absolute Gasteiger partial charge is 0.341 e. The molecule has 1 rings (SSSR count). The monoisotopic (exact) mass is 170 g/mol. The molecule has 0 aromatic carbocycles. The highest BCUT2D eigenvalue weighted by molar-refractivity contribution is 5.85. The van der Waals surface area contributed by atoms with Crippen LogP contribution < -0.4 is 5.73 Å². The summed E-state index contributed by atoms with van der Waals surface area (Å²) in [7, 11) is 0. The van der Waals surface area contributed by atoms with Crippen molar-refractivity contribution in [3.8, 4) is 0 Å². The van der Waals surface area contributed by atoms with Crippen molar-refractivity contribution >= 4 is 5.91 Å². The molecule has 0 spiro atoms. The van der Waals surface area contributed by atoms with Crippen LogP contribution in [-0.2, 0) is 4.79 Å². The first-order valence-electron chi connectivity index (χ1n) is 4.49. The third-order valence-corrected chi connectivity index (χ3v) is 2.26. The summed E-state index contributed by atoms with van der Waals surface area (Å²) in [6.45, 7) is 7.44. The predicted molar refractivity (Wildman–Crippen MR) is 48.6 cm³/mol. The van der Waals surface area contributed by atoms with Gasteiger partial charge in [0.25, 0.3) is 0 Å². The molecule has 1 aliphatic rings. The Morgan fingerprint density at radius 2 is 2.17 bits per heavy atom. The number of carbonyl (C=O) groups excluding carboxylic acids is 1. The van der Waals surface area contributed by atoms with Crippen molar-refractivity contribution in [1.29, 1.82) is 0 Å². The van der Waals surface area contributed by atoms with E-state index in [-0.39, 0.29) is 5.91 Å². The minimum Gasteiger partial charge on any atom is -0.341 e. The molecule has 1 atom stereocenters. The fourth-order valence-corrected chi connectivity index (χ4v) is 1.53. The van der Waals surface area contributed by atoms with Crippen molar-refractivity contribution in [2.24, 2.45) is 11.7 Å². The van der Waals surface area contributed by atoms with Gasteiger partial charge >= 0.3 is 0 Å². The first kappa shape index (κ1) is 9.52. The minimum absolute atomic E-state index is 0.0758. The summed E-state index contributed by atoms with van der Waals surface area (Å²) in [5.74, 6) is 0.711. The molecule has 0 aromatic rings. The lowest BCUT2D eigenvalue weighted by molar-refractivity contribution is -0.134. The van der Waals surface area contributed by atoms with Crippen LogP contribution in [-0.4, -0.2) is 29.4 Å². The second-order valence-electron chi connectivity index (χ2n) is 4.37. The lowest BCUT2D eigenvalue weighted by Gasteiger charge is -2.25. The van der Waals surface area contributed by atoms with Crippen molar-refractivity contribution in [1.82, 2.24) is 4.90 Å². The predicted octanol–water partition coefficient (Wildman–Crippen LogP) is 0.592. The number of hydrogen-bond acceptors (Lipinski definition) is 2. The Labute approximate surface area is 73.9 Å². The highest BCUT2D eigenvalue weighted by Crippen LogP contribution is 2.17. The molecular weight excluding hydrogens is 152 g/mol. The van der Waals surface area contributed by atoms with E-state index in [0.29, 0.717) is 5.92 Å². The van der Waals surface area contributed by atoms with E-state index >= 15 is 0 Å². The van der Waals surface area contributed by atoms with E-state index in [1.807, 2.05) is 4.90 Å². The average molecular weight is 170 g/mol. The lowest BCUT2D eigenvalue weighted by atomic mass is 10.1. The van der Waals surface area contributed by atoms with Gasteiger partial charge in [0, 0.05) is 13.1 Å². The Morgan fingerprint density at radius 3 is 2.50 bits per heavy atom. The van der Waals surface area contributed by atoms with Crippen LogP contribution in [0.5, 0.6) is 0 Å². The van der Waals surface area contributed by atoms with Gasteiger partial charge in [-0.05, 0) is 26.2 Å². The van der Waals surface area contributed by atoms with Crippen LogP contribution >= 0.6 is 0 Å². The summed E-state index contributed by atoms with van der Waals surface area (Å²) in [6, 6.07) is 0. The number of nitrogens with zero attached hydrogens (tertiary/aromatic N) is 1. The molecule has 0 bridgehead atoms. The fraction of sp³-hybridized carbons (Fsp3) is 0.889. The number of nitrogens with two attached hydrogens (primary N) is 1. The number of hydrogen-bond donors (Lipinski definition) is 1. The third-order valence-electron chi connectivity index (χ3n) is 2.26. The van der Waals surface area contributed by atoms with Crippen LogP contribution in [0.15, 0.2) is 0 Å². The van der Waals surface area contributed by atoms with Gasteiger partial charge in [-0.15, -0.1) is 0 Å². The van der Waals surface area contributed by atoms with Crippen LogP contribution in [0.4, 0.5) is 0 Å². The molecule has 12 heavy (non-hydrogen) atoms. The normalized spacial score (nSPS) is 24.7. The first-order valence-corrected chi connectivity index (χ1v) is 4.49. The molecule has 70 valence electrons. The zero-order chi connectivity index (χ0) is 9.35. The highest BCUT2D eigenvalue weighted by atomic mass is 16.2. The molecule has 1 saturated heterocycles. The van der Waals surface area contributed by atoms with E-state index in [1.54, 1.807) is 13.8 Å². The fourth-order valence-electron chi connectivity index (χ4n) is 1.53. The van der Waals surface area contributed by atoms with Gasteiger partial charge in [0.05, 0.1) is 5.54 Å². The van der Waals surface area contributed by atoms with E-state index in [9.17, 15) is 4.79 Å². The molecule has 3 nitrogen and oxygen atoms in total. The smallest absolute Gasteiger partial charge is 0.242 e.